The molecule has 60 valence electrons. The van der Waals surface area contributed by atoms with Crippen molar-refractivity contribution in [3.8, 4) is 11.8 Å². The van der Waals surface area contributed by atoms with Crippen LogP contribution in [-0.2, 0) is 9.59 Å². The number of carbonyl (C=O) groups excluding carboxylic acids is 2. The van der Waals surface area contributed by atoms with Crippen molar-refractivity contribution in [1.29, 1.82) is 0 Å². The van der Waals surface area contributed by atoms with Gasteiger partial charge in [0.05, 0.1) is 0 Å². The third kappa shape index (κ3) is 6.79. The van der Waals surface area contributed by atoms with E-state index in [-0.39, 0.29) is 11.6 Å². The van der Waals surface area contributed by atoms with Crippen molar-refractivity contribution in [3.63, 3.8) is 0 Å². The molecule has 2 heteroatoms. The van der Waals surface area contributed by atoms with E-state index >= 15 is 0 Å². The van der Waals surface area contributed by atoms with Crippen LogP contribution in [0.3, 0.4) is 0 Å². The second-order valence-electron chi connectivity index (χ2n) is 2.35. The lowest BCUT2D eigenvalue weighted by molar-refractivity contribution is -0.117. The van der Waals surface area contributed by atoms with Crippen molar-refractivity contribution in [1.82, 2.24) is 0 Å². The Labute approximate surface area is 67.0 Å². The third-order valence-electron chi connectivity index (χ3n) is 1.20. The summed E-state index contributed by atoms with van der Waals surface area (Å²) in [4.78, 5) is 21.2. The average molecular weight is 152 g/mol. The van der Waals surface area contributed by atoms with Gasteiger partial charge in [0.25, 0.3) is 0 Å². The molecule has 0 aromatic rings. The molecule has 0 unspecified atom stereocenters. The van der Waals surface area contributed by atoms with Crippen LogP contribution in [0.25, 0.3) is 0 Å². The molecule has 0 saturated heterocycles. The lowest BCUT2D eigenvalue weighted by Crippen LogP contribution is -1.96. The zero-order valence-electron chi connectivity index (χ0n) is 6.94. The summed E-state index contributed by atoms with van der Waals surface area (Å²) in [5, 5.41) is 0. The minimum absolute atomic E-state index is 0.0752. The van der Waals surface area contributed by atoms with Crippen molar-refractivity contribution >= 4 is 11.6 Å². The van der Waals surface area contributed by atoms with Gasteiger partial charge in [-0.3, -0.25) is 4.79 Å². The largest absolute Gasteiger partial charge is 0.300 e. The average Bonchev–Trinajstić information content (AvgIpc) is 1.87. The first-order chi connectivity index (χ1) is 5.16. The SMILES string of the molecule is CC#CC(=O)CCCC(C)=O. The molecule has 0 radical (unpaired) electrons. The molecule has 0 aliphatic carbocycles. The van der Waals surface area contributed by atoms with Crippen molar-refractivity contribution < 1.29 is 9.59 Å². The Morgan fingerprint density at radius 1 is 1.27 bits per heavy atom. The van der Waals surface area contributed by atoms with E-state index < -0.39 is 0 Å². The van der Waals surface area contributed by atoms with Crippen LogP contribution in [0, 0.1) is 11.8 Å². The van der Waals surface area contributed by atoms with Gasteiger partial charge in [-0.2, -0.15) is 0 Å². The van der Waals surface area contributed by atoms with Gasteiger partial charge in [-0.05, 0) is 26.2 Å². The van der Waals surface area contributed by atoms with E-state index in [2.05, 4.69) is 11.8 Å². The van der Waals surface area contributed by atoms with E-state index in [4.69, 9.17) is 0 Å². The summed E-state index contributed by atoms with van der Waals surface area (Å²) in [6.45, 7) is 3.15. The number of ketones is 2. The van der Waals surface area contributed by atoms with Gasteiger partial charge in [0, 0.05) is 12.8 Å². The van der Waals surface area contributed by atoms with Crippen LogP contribution < -0.4 is 0 Å². The van der Waals surface area contributed by atoms with E-state index in [1.165, 1.54) is 6.92 Å². The van der Waals surface area contributed by atoms with Crippen molar-refractivity contribution in [3.05, 3.63) is 0 Å². The zero-order chi connectivity index (χ0) is 8.69. The maximum absolute atomic E-state index is 10.7. The summed E-state index contributed by atoms with van der Waals surface area (Å²) in [5.74, 6) is 4.99. The second-order valence-corrected chi connectivity index (χ2v) is 2.35. The fourth-order valence-corrected chi connectivity index (χ4v) is 0.700. The lowest BCUT2D eigenvalue weighted by atomic mass is 10.1. The molecule has 0 amide bonds. The molecule has 0 bridgehead atoms. The predicted octanol–water partition coefficient (Wildman–Crippen LogP) is 1.34. The van der Waals surface area contributed by atoms with Crippen LogP contribution in [0.5, 0.6) is 0 Å². The van der Waals surface area contributed by atoms with E-state index in [9.17, 15) is 9.59 Å². The van der Waals surface area contributed by atoms with Gasteiger partial charge in [0.2, 0.25) is 5.78 Å². The normalized spacial score (nSPS) is 8.18. The first-order valence-electron chi connectivity index (χ1n) is 3.62. The highest BCUT2D eigenvalue weighted by atomic mass is 16.1. The quantitative estimate of drug-likeness (QED) is 0.450. The number of carbonyl (C=O) groups is 2. The molecule has 0 N–H and O–H groups in total. The summed E-state index contributed by atoms with van der Waals surface area (Å²) in [5.41, 5.74) is 0. The van der Waals surface area contributed by atoms with Gasteiger partial charge >= 0.3 is 0 Å². The highest BCUT2D eigenvalue weighted by Crippen LogP contribution is 1.96. The van der Waals surface area contributed by atoms with E-state index in [1.807, 2.05) is 0 Å². The molecular formula is C9H12O2. The number of rotatable bonds is 4. The molecule has 0 aliphatic rings. The van der Waals surface area contributed by atoms with Crippen molar-refractivity contribution in [2.75, 3.05) is 0 Å². The molecule has 0 fully saturated rings. The minimum Gasteiger partial charge on any atom is -0.300 e. The van der Waals surface area contributed by atoms with Gasteiger partial charge in [0.15, 0.2) is 0 Å². The van der Waals surface area contributed by atoms with E-state index in [1.54, 1.807) is 6.92 Å². The molecular weight excluding hydrogens is 140 g/mol. The number of Topliss-reactive ketones (excluding diaryl/α,β-unsaturated/α-hetero) is 2. The van der Waals surface area contributed by atoms with Gasteiger partial charge in [-0.25, -0.2) is 0 Å². The van der Waals surface area contributed by atoms with Crippen LogP contribution >= 0.6 is 0 Å². The molecule has 0 heterocycles. The monoisotopic (exact) mass is 152 g/mol. The van der Waals surface area contributed by atoms with Crippen LogP contribution in [0.4, 0.5) is 0 Å². The fourth-order valence-electron chi connectivity index (χ4n) is 0.700. The van der Waals surface area contributed by atoms with Crippen LogP contribution in [0.15, 0.2) is 0 Å². The Morgan fingerprint density at radius 2 is 1.91 bits per heavy atom. The molecule has 11 heavy (non-hydrogen) atoms. The van der Waals surface area contributed by atoms with E-state index in [0.29, 0.717) is 19.3 Å². The first-order valence-corrected chi connectivity index (χ1v) is 3.62. The van der Waals surface area contributed by atoms with Gasteiger partial charge in [-0.15, -0.1) is 0 Å². The Hall–Kier alpha value is -1.10. The van der Waals surface area contributed by atoms with Crippen LogP contribution in [0.2, 0.25) is 0 Å². The molecule has 0 rings (SSSR count). The molecule has 0 saturated carbocycles. The highest BCUT2D eigenvalue weighted by molar-refractivity contribution is 5.95. The molecule has 0 atom stereocenters. The summed E-state index contributed by atoms with van der Waals surface area (Å²) < 4.78 is 0. The maximum atomic E-state index is 10.7. The van der Waals surface area contributed by atoms with Gasteiger partial charge < -0.3 is 4.79 Å². The van der Waals surface area contributed by atoms with Crippen molar-refractivity contribution in [2.24, 2.45) is 0 Å². The van der Waals surface area contributed by atoms with Gasteiger partial charge in [0.1, 0.15) is 5.78 Å². The highest BCUT2D eigenvalue weighted by Gasteiger charge is 1.98. The predicted molar refractivity (Wildman–Crippen MR) is 43.0 cm³/mol. The Morgan fingerprint density at radius 3 is 2.36 bits per heavy atom. The first kappa shape index (κ1) is 9.90. The second kappa shape index (κ2) is 5.67. The Bertz CT molecular complexity index is 205. The van der Waals surface area contributed by atoms with Crippen molar-refractivity contribution in [2.45, 2.75) is 33.1 Å². The Kier molecular flexibility index (Phi) is 5.10. The maximum Gasteiger partial charge on any atom is 0.205 e. The fraction of sp³-hybridized carbons (Fsp3) is 0.556. The standard InChI is InChI=1S/C9H12O2/c1-3-5-9(11)7-4-6-8(2)10/h4,6-7H2,1-2H3. The topological polar surface area (TPSA) is 34.1 Å². The van der Waals surface area contributed by atoms with Crippen LogP contribution in [-0.4, -0.2) is 11.6 Å². The van der Waals surface area contributed by atoms with Gasteiger partial charge in [-0.1, -0.05) is 5.92 Å². The summed E-state index contributed by atoms with van der Waals surface area (Å²) in [6, 6.07) is 0. The molecule has 0 aliphatic heterocycles. The zero-order valence-corrected chi connectivity index (χ0v) is 6.94. The number of hydrogen-bond acceptors (Lipinski definition) is 2. The van der Waals surface area contributed by atoms with Crippen LogP contribution in [0.1, 0.15) is 33.1 Å². The lowest BCUT2D eigenvalue weighted by Gasteiger charge is -1.90. The summed E-state index contributed by atoms with van der Waals surface area (Å²) >= 11 is 0. The molecule has 0 aromatic carbocycles. The number of hydrogen-bond donors (Lipinski definition) is 0. The molecule has 0 spiro atoms. The third-order valence-corrected chi connectivity index (χ3v) is 1.20. The summed E-state index contributed by atoms with van der Waals surface area (Å²) in [7, 11) is 0. The molecule has 0 aromatic heterocycles. The Balaban J connectivity index is 3.44. The summed E-state index contributed by atoms with van der Waals surface area (Å²) in [6.07, 6.45) is 1.51. The molecule has 2 nitrogen and oxygen atoms in total. The minimum atomic E-state index is -0.0752. The van der Waals surface area contributed by atoms with E-state index in [0.717, 1.165) is 0 Å². The smallest absolute Gasteiger partial charge is 0.205 e.